The Hall–Kier alpha value is -3.06. The molecule has 128 valence electrons. The van der Waals surface area contributed by atoms with Gasteiger partial charge in [0.1, 0.15) is 0 Å². The number of hydrogen-bond donors (Lipinski definition) is 2. The van der Waals surface area contributed by atoms with E-state index in [1.54, 1.807) is 18.7 Å². The van der Waals surface area contributed by atoms with Crippen molar-refractivity contribution >= 4 is 10.4 Å². The molecule has 0 fully saturated rings. The summed E-state index contributed by atoms with van der Waals surface area (Å²) in [6.45, 7) is 0. The molecule has 1 aromatic carbocycles. The summed E-state index contributed by atoms with van der Waals surface area (Å²) in [5, 5.41) is 8.89. The molecule has 0 bridgehead atoms. The monoisotopic (exact) mass is 358 g/mol. The van der Waals surface area contributed by atoms with E-state index in [2.05, 4.69) is 16.0 Å². The van der Waals surface area contributed by atoms with Crippen LogP contribution in [0.1, 0.15) is 22.7 Å². The molecule has 9 heteroatoms. The van der Waals surface area contributed by atoms with Gasteiger partial charge in [-0.1, -0.05) is 18.2 Å². The highest BCUT2D eigenvalue weighted by atomic mass is 32.3. The van der Waals surface area contributed by atoms with Crippen molar-refractivity contribution in [1.29, 1.82) is 5.26 Å². The van der Waals surface area contributed by atoms with E-state index >= 15 is 0 Å². The lowest BCUT2D eigenvalue weighted by atomic mass is 9.99. The maximum Gasteiger partial charge on any atom is 0.394 e. The zero-order chi connectivity index (χ0) is 18.3. The number of benzene rings is 1. The predicted molar refractivity (Wildman–Crippen MR) is 89.0 cm³/mol. The van der Waals surface area contributed by atoms with Gasteiger partial charge in [0.15, 0.2) is 0 Å². The highest BCUT2D eigenvalue weighted by molar-refractivity contribution is 7.79. The molecule has 2 heterocycles. The van der Waals surface area contributed by atoms with Crippen LogP contribution in [0.25, 0.3) is 0 Å². The van der Waals surface area contributed by atoms with Gasteiger partial charge in [0.05, 0.1) is 24.0 Å². The van der Waals surface area contributed by atoms with Crippen LogP contribution < -0.4 is 0 Å². The van der Waals surface area contributed by atoms with Crippen molar-refractivity contribution in [2.45, 2.75) is 6.04 Å². The summed E-state index contributed by atoms with van der Waals surface area (Å²) < 4.78 is 33.6. The summed E-state index contributed by atoms with van der Waals surface area (Å²) in [7, 11) is -4.67. The number of imidazole rings is 1. The van der Waals surface area contributed by atoms with Gasteiger partial charge >= 0.3 is 10.4 Å². The molecule has 1 unspecified atom stereocenters. The van der Waals surface area contributed by atoms with Crippen LogP contribution in [0, 0.1) is 11.3 Å². The minimum Gasteiger partial charge on any atom is -0.326 e. The lowest BCUT2D eigenvalue weighted by molar-refractivity contribution is 0.381. The maximum absolute atomic E-state index is 8.89. The molecule has 0 amide bonds. The molecule has 0 aliphatic carbocycles. The minimum absolute atomic E-state index is 0.0129. The van der Waals surface area contributed by atoms with E-state index in [0.717, 1.165) is 11.1 Å². The molecule has 2 N–H and O–H groups in total. The zero-order valence-electron chi connectivity index (χ0n) is 12.8. The van der Waals surface area contributed by atoms with Gasteiger partial charge in [-0.15, -0.1) is 0 Å². The van der Waals surface area contributed by atoms with E-state index in [0.29, 0.717) is 5.56 Å². The average Bonchev–Trinajstić information content (AvgIpc) is 3.09. The van der Waals surface area contributed by atoms with Crippen LogP contribution in [-0.4, -0.2) is 32.1 Å². The summed E-state index contributed by atoms with van der Waals surface area (Å²) in [6.07, 6.45) is 9.08. The van der Waals surface area contributed by atoms with Crippen LogP contribution in [0.4, 0.5) is 0 Å². The molecule has 0 saturated heterocycles. The fourth-order valence-corrected chi connectivity index (χ4v) is 2.24. The number of aromatic nitrogens is 3. The Kier molecular flexibility index (Phi) is 5.97. The van der Waals surface area contributed by atoms with Crippen LogP contribution in [0.2, 0.25) is 0 Å². The molecular formula is C16H14N4O4S. The molecule has 1 atom stereocenters. The molecule has 25 heavy (non-hydrogen) atoms. The second-order valence-electron chi connectivity index (χ2n) is 4.88. The number of pyridine rings is 1. The fourth-order valence-electron chi connectivity index (χ4n) is 2.24. The van der Waals surface area contributed by atoms with Gasteiger partial charge in [-0.3, -0.25) is 14.1 Å². The lowest BCUT2D eigenvalue weighted by Gasteiger charge is -2.19. The average molecular weight is 358 g/mol. The number of rotatable bonds is 3. The number of nitriles is 1. The molecule has 0 aliphatic rings. The second kappa shape index (κ2) is 8.16. The summed E-state index contributed by atoms with van der Waals surface area (Å²) in [6, 6.07) is 13.7. The van der Waals surface area contributed by atoms with E-state index < -0.39 is 10.4 Å². The molecule has 2 aromatic heterocycles. The van der Waals surface area contributed by atoms with Crippen LogP contribution >= 0.6 is 0 Å². The van der Waals surface area contributed by atoms with E-state index in [-0.39, 0.29) is 6.04 Å². The number of hydrogen-bond acceptors (Lipinski definition) is 5. The zero-order valence-corrected chi connectivity index (χ0v) is 13.7. The first-order valence-corrected chi connectivity index (χ1v) is 8.35. The Morgan fingerprint density at radius 1 is 1.04 bits per heavy atom. The first kappa shape index (κ1) is 18.3. The Balaban J connectivity index is 0.000000399. The standard InChI is InChI=1S/C16H12N4.H2O4S/c17-10-13-3-5-14(6-4-13)16(20-9-8-19-12-20)15-2-1-7-18-11-15;1-5(2,3)4/h1-9,11-12,16H;(H2,1,2,3,4). The Bertz CT molecular complexity index is 926. The molecular weight excluding hydrogens is 344 g/mol. The SMILES string of the molecule is N#Cc1ccc(C(c2cccnc2)n2ccnc2)cc1.O=S(=O)(O)O. The van der Waals surface area contributed by atoms with Gasteiger partial charge in [-0.05, 0) is 29.3 Å². The van der Waals surface area contributed by atoms with Crippen molar-refractivity contribution < 1.29 is 17.5 Å². The van der Waals surface area contributed by atoms with Gasteiger partial charge in [0.2, 0.25) is 0 Å². The molecule has 0 spiro atoms. The third-order valence-corrected chi connectivity index (χ3v) is 3.18. The molecule has 0 radical (unpaired) electrons. The van der Waals surface area contributed by atoms with Crippen molar-refractivity contribution in [3.05, 3.63) is 84.2 Å². The second-order valence-corrected chi connectivity index (χ2v) is 5.78. The molecule has 0 saturated carbocycles. The quantitative estimate of drug-likeness (QED) is 0.686. The fraction of sp³-hybridized carbons (Fsp3) is 0.0625. The highest BCUT2D eigenvalue weighted by Crippen LogP contribution is 2.26. The Labute approximate surface area is 144 Å². The first-order valence-electron chi connectivity index (χ1n) is 6.96. The summed E-state index contributed by atoms with van der Waals surface area (Å²) in [5.74, 6) is 0. The Morgan fingerprint density at radius 2 is 1.72 bits per heavy atom. The summed E-state index contributed by atoms with van der Waals surface area (Å²) in [4.78, 5) is 8.31. The van der Waals surface area contributed by atoms with Crippen molar-refractivity contribution in [2.75, 3.05) is 0 Å². The van der Waals surface area contributed by atoms with Crippen LogP contribution in [-0.2, 0) is 10.4 Å². The van der Waals surface area contributed by atoms with Crippen molar-refractivity contribution in [1.82, 2.24) is 14.5 Å². The van der Waals surface area contributed by atoms with E-state index in [9.17, 15) is 0 Å². The highest BCUT2D eigenvalue weighted by Gasteiger charge is 2.15. The van der Waals surface area contributed by atoms with Crippen molar-refractivity contribution in [3.8, 4) is 6.07 Å². The van der Waals surface area contributed by atoms with Crippen molar-refractivity contribution in [2.24, 2.45) is 0 Å². The van der Waals surface area contributed by atoms with Crippen LogP contribution in [0.3, 0.4) is 0 Å². The predicted octanol–water partition coefficient (Wildman–Crippen LogP) is 2.13. The normalized spacial score (nSPS) is 11.7. The van der Waals surface area contributed by atoms with Gasteiger partial charge < -0.3 is 4.57 Å². The van der Waals surface area contributed by atoms with E-state index in [1.807, 2.05) is 53.4 Å². The van der Waals surface area contributed by atoms with Gasteiger partial charge in [0, 0.05) is 24.8 Å². The Morgan fingerprint density at radius 3 is 2.20 bits per heavy atom. The molecule has 0 aliphatic heterocycles. The van der Waals surface area contributed by atoms with Crippen LogP contribution in [0.5, 0.6) is 0 Å². The third-order valence-electron chi connectivity index (χ3n) is 3.18. The van der Waals surface area contributed by atoms with Gasteiger partial charge in [0.25, 0.3) is 0 Å². The van der Waals surface area contributed by atoms with E-state index in [4.69, 9.17) is 22.8 Å². The summed E-state index contributed by atoms with van der Waals surface area (Å²) >= 11 is 0. The molecule has 3 aromatic rings. The number of nitrogens with zero attached hydrogens (tertiary/aromatic N) is 4. The summed E-state index contributed by atoms with van der Waals surface area (Å²) in [5.41, 5.74) is 2.83. The van der Waals surface area contributed by atoms with Crippen LogP contribution in [0.15, 0.2) is 67.5 Å². The van der Waals surface area contributed by atoms with Crippen molar-refractivity contribution in [3.63, 3.8) is 0 Å². The third kappa shape index (κ3) is 5.82. The van der Waals surface area contributed by atoms with Gasteiger partial charge in [-0.2, -0.15) is 13.7 Å². The lowest BCUT2D eigenvalue weighted by Crippen LogP contribution is -2.10. The minimum atomic E-state index is -4.67. The first-order chi connectivity index (χ1) is 11.9. The topological polar surface area (TPSA) is 129 Å². The molecule has 8 nitrogen and oxygen atoms in total. The van der Waals surface area contributed by atoms with Gasteiger partial charge in [-0.25, -0.2) is 4.98 Å². The van der Waals surface area contributed by atoms with E-state index in [1.165, 1.54) is 0 Å². The maximum atomic E-state index is 8.89. The molecule has 3 rings (SSSR count). The largest absolute Gasteiger partial charge is 0.394 e. The smallest absolute Gasteiger partial charge is 0.326 e.